The standard InChI is InChI=1S/C25H23ClFN3O3/c1-3-17-7-4-5-10-23(17)28-24(31)25(32)30-29-16(2)18-11-13-19(14-12-18)33-15-20-21(26)8-6-9-22(20)27/h4-14H,3,15H2,1-2H3,(H,28,31)(H,30,32)/b29-16+. The summed E-state index contributed by atoms with van der Waals surface area (Å²) >= 11 is 6.01. The quantitative estimate of drug-likeness (QED) is 0.288. The molecule has 0 aliphatic heterocycles. The highest BCUT2D eigenvalue weighted by Crippen LogP contribution is 2.22. The summed E-state index contributed by atoms with van der Waals surface area (Å²) in [6.07, 6.45) is 0.725. The van der Waals surface area contributed by atoms with Crippen LogP contribution in [0.5, 0.6) is 5.75 Å². The van der Waals surface area contributed by atoms with Crippen molar-refractivity contribution in [3.63, 3.8) is 0 Å². The van der Waals surface area contributed by atoms with Crippen molar-refractivity contribution in [1.82, 2.24) is 5.43 Å². The lowest BCUT2D eigenvalue weighted by molar-refractivity contribution is -0.136. The molecule has 0 bridgehead atoms. The van der Waals surface area contributed by atoms with Gasteiger partial charge in [0.05, 0.1) is 10.7 Å². The third kappa shape index (κ3) is 6.40. The molecular weight excluding hydrogens is 445 g/mol. The van der Waals surface area contributed by atoms with Crippen LogP contribution in [0.2, 0.25) is 5.02 Å². The SMILES string of the molecule is CCc1ccccc1NC(=O)C(=O)N/N=C(\C)c1ccc(OCc2c(F)cccc2Cl)cc1. The maximum atomic E-state index is 13.8. The molecule has 0 aliphatic rings. The van der Waals surface area contributed by atoms with Gasteiger partial charge in [-0.25, -0.2) is 9.82 Å². The molecule has 3 aromatic carbocycles. The lowest BCUT2D eigenvalue weighted by Crippen LogP contribution is -2.33. The average molecular weight is 468 g/mol. The molecule has 0 aliphatic carbocycles. The van der Waals surface area contributed by atoms with E-state index in [1.54, 1.807) is 49.4 Å². The fourth-order valence-electron chi connectivity index (χ4n) is 3.00. The molecule has 0 unspecified atom stereocenters. The first-order valence-electron chi connectivity index (χ1n) is 10.3. The third-order valence-corrected chi connectivity index (χ3v) is 5.25. The Balaban J connectivity index is 1.57. The van der Waals surface area contributed by atoms with Gasteiger partial charge >= 0.3 is 11.8 Å². The van der Waals surface area contributed by atoms with Crippen LogP contribution < -0.4 is 15.5 Å². The molecule has 8 heteroatoms. The number of benzene rings is 3. The number of carbonyl (C=O) groups excluding carboxylic acids is 2. The molecule has 0 atom stereocenters. The topological polar surface area (TPSA) is 79.8 Å². The Morgan fingerprint density at radius 1 is 1.00 bits per heavy atom. The van der Waals surface area contributed by atoms with E-state index in [1.807, 2.05) is 19.1 Å². The molecule has 3 aromatic rings. The predicted octanol–water partition coefficient (Wildman–Crippen LogP) is 5.10. The van der Waals surface area contributed by atoms with Gasteiger partial charge in [0.1, 0.15) is 18.2 Å². The van der Waals surface area contributed by atoms with Gasteiger partial charge in [0, 0.05) is 11.3 Å². The number of hydrogen-bond donors (Lipinski definition) is 2. The van der Waals surface area contributed by atoms with Crippen molar-refractivity contribution in [1.29, 1.82) is 0 Å². The van der Waals surface area contributed by atoms with Gasteiger partial charge < -0.3 is 10.1 Å². The molecule has 0 fully saturated rings. The first-order valence-corrected chi connectivity index (χ1v) is 10.7. The Hall–Kier alpha value is -3.71. The van der Waals surface area contributed by atoms with Crippen LogP contribution in [0.4, 0.5) is 10.1 Å². The number of amides is 2. The molecule has 3 rings (SSSR count). The smallest absolute Gasteiger partial charge is 0.329 e. The van der Waals surface area contributed by atoms with Crippen molar-refractivity contribution in [3.05, 3.63) is 94.3 Å². The van der Waals surface area contributed by atoms with E-state index in [0.717, 1.165) is 12.0 Å². The zero-order chi connectivity index (χ0) is 23.8. The maximum absolute atomic E-state index is 13.8. The summed E-state index contributed by atoms with van der Waals surface area (Å²) in [7, 11) is 0. The van der Waals surface area contributed by atoms with Crippen LogP contribution in [-0.4, -0.2) is 17.5 Å². The Bertz CT molecular complexity index is 1160. The summed E-state index contributed by atoms with van der Waals surface area (Å²) in [5, 5.41) is 6.89. The summed E-state index contributed by atoms with van der Waals surface area (Å²) in [5.41, 5.74) is 5.27. The highest BCUT2D eigenvalue weighted by atomic mass is 35.5. The lowest BCUT2D eigenvalue weighted by atomic mass is 10.1. The second-order valence-electron chi connectivity index (χ2n) is 7.12. The fourth-order valence-corrected chi connectivity index (χ4v) is 3.22. The molecule has 0 heterocycles. The highest BCUT2D eigenvalue weighted by molar-refractivity contribution is 6.39. The maximum Gasteiger partial charge on any atom is 0.329 e. The van der Waals surface area contributed by atoms with Crippen molar-refractivity contribution in [2.75, 3.05) is 5.32 Å². The summed E-state index contributed by atoms with van der Waals surface area (Å²) < 4.78 is 19.5. The van der Waals surface area contributed by atoms with Crippen molar-refractivity contribution < 1.29 is 18.7 Å². The number of ether oxygens (including phenoxy) is 1. The minimum atomic E-state index is -0.873. The molecule has 2 N–H and O–H groups in total. The zero-order valence-electron chi connectivity index (χ0n) is 18.2. The van der Waals surface area contributed by atoms with E-state index in [4.69, 9.17) is 16.3 Å². The van der Waals surface area contributed by atoms with Gasteiger partial charge in [-0.05, 0) is 66.9 Å². The van der Waals surface area contributed by atoms with Crippen LogP contribution >= 0.6 is 11.6 Å². The molecule has 170 valence electrons. The number of hydrazone groups is 1. The van der Waals surface area contributed by atoms with Gasteiger partial charge in [-0.15, -0.1) is 0 Å². The van der Waals surface area contributed by atoms with Gasteiger partial charge in [-0.3, -0.25) is 9.59 Å². The van der Waals surface area contributed by atoms with Crippen LogP contribution in [0.1, 0.15) is 30.5 Å². The average Bonchev–Trinajstić information content (AvgIpc) is 2.82. The Labute approximate surface area is 196 Å². The second-order valence-corrected chi connectivity index (χ2v) is 7.52. The molecular formula is C25H23ClFN3O3. The molecule has 0 saturated carbocycles. The molecule has 2 amide bonds. The predicted molar refractivity (Wildman–Crippen MR) is 127 cm³/mol. The van der Waals surface area contributed by atoms with E-state index < -0.39 is 17.6 Å². The zero-order valence-corrected chi connectivity index (χ0v) is 18.9. The van der Waals surface area contributed by atoms with Crippen LogP contribution in [0, 0.1) is 5.82 Å². The van der Waals surface area contributed by atoms with Gasteiger partial charge in [0.2, 0.25) is 0 Å². The number of nitrogens with one attached hydrogen (secondary N) is 2. The number of halogens is 2. The van der Waals surface area contributed by atoms with Crippen molar-refractivity contribution >= 4 is 34.8 Å². The minimum absolute atomic E-state index is 0.00967. The van der Waals surface area contributed by atoms with E-state index in [1.165, 1.54) is 12.1 Å². The Morgan fingerprint density at radius 3 is 2.42 bits per heavy atom. The van der Waals surface area contributed by atoms with Gasteiger partial charge in [0.15, 0.2) is 0 Å². The minimum Gasteiger partial charge on any atom is -0.489 e. The molecule has 0 aromatic heterocycles. The molecule has 6 nitrogen and oxygen atoms in total. The van der Waals surface area contributed by atoms with Crippen molar-refractivity contribution in [2.24, 2.45) is 5.10 Å². The molecule has 33 heavy (non-hydrogen) atoms. The first-order chi connectivity index (χ1) is 15.9. The van der Waals surface area contributed by atoms with Gasteiger partial charge in [0.25, 0.3) is 0 Å². The van der Waals surface area contributed by atoms with Gasteiger partial charge in [-0.2, -0.15) is 5.10 Å². The Morgan fingerprint density at radius 2 is 1.73 bits per heavy atom. The number of para-hydroxylation sites is 1. The van der Waals surface area contributed by atoms with Crippen LogP contribution in [-0.2, 0) is 22.6 Å². The van der Waals surface area contributed by atoms with E-state index >= 15 is 0 Å². The van der Waals surface area contributed by atoms with E-state index in [-0.39, 0.29) is 12.2 Å². The normalized spacial score (nSPS) is 11.1. The van der Waals surface area contributed by atoms with Crippen LogP contribution in [0.15, 0.2) is 71.8 Å². The van der Waals surface area contributed by atoms with E-state index in [2.05, 4.69) is 15.8 Å². The van der Waals surface area contributed by atoms with E-state index in [9.17, 15) is 14.0 Å². The van der Waals surface area contributed by atoms with Gasteiger partial charge in [-0.1, -0.05) is 42.8 Å². The third-order valence-electron chi connectivity index (χ3n) is 4.89. The monoisotopic (exact) mass is 467 g/mol. The molecule has 0 radical (unpaired) electrons. The first kappa shape index (κ1) is 23.9. The fraction of sp³-hybridized carbons (Fsp3) is 0.160. The number of anilines is 1. The van der Waals surface area contributed by atoms with Crippen molar-refractivity contribution in [2.45, 2.75) is 26.9 Å². The molecule has 0 saturated heterocycles. The largest absolute Gasteiger partial charge is 0.489 e. The number of aryl methyl sites for hydroxylation is 1. The number of nitrogens with zero attached hydrogens (tertiary/aromatic N) is 1. The number of rotatable bonds is 7. The van der Waals surface area contributed by atoms with Crippen LogP contribution in [0.3, 0.4) is 0 Å². The van der Waals surface area contributed by atoms with Crippen molar-refractivity contribution in [3.8, 4) is 5.75 Å². The van der Waals surface area contributed by atoms with E-state index in [0.29, 0.717) is 27.7 Å². The number of hydrogen-bond acceptors (Lipinski definition) is 4. The summed E-state index contributed by atoms with van der Waals surface area (Å²) in [6, 6.07) is 18.6. The second kappa shape index (κ2) is 11.2. The summed E-state index contributed by atoms with van der Waals surface area (Å²) in [4.78, 5) is 24.3. The highest BCUT2D eigenvalue weighted by Gasteiger charge is 2.15. The Kier molecular flexibility index (Phi) is 8.16. The van der Waals surface area contributed by atoms with Crippen LogP contribution in [0.25, 0.3) is 0 Å². The summed E-state index contributed by atoms with van der Waals surface area (Å²) in [5.74, 6) is -1.59. The molecule has 0 spiro atoms. The number of carbonyl (C=O) groups is 2. The summed E-state index contributed by atoms with van der Waals surface area (Å²) in [6.45, 7) is 3.65. The lowest BCUT2D eigenvalue weighted by Gasteiger charge is -2.10.